The summed E-state index contributed by atoms with van der Waals surface area (Å²) >= 11 is 0. The molecule has 14 heavy (non-hydrogen) atoms. The molecule has 0 aliphatic rings. The summed E-state index contributed by atoms with van der Waals surface area (Å²) in [6.07, 6.45) is 1.11. The van der Waals surface area contributed by atoms with E-state index in [9.17, 15) is 8.42 Å². The number of hydrogen-bond donors (Lipinski definition) is 4. The maximum absolute atomic E-state index is 10.3. The molecule has 0 aliphatic heterocycles. The largest absolute Gasteiger partial charge is 0.396 e. The number of rotatable bonds is 8. The van der Waals surface area contributed by atoms with Gasteiger partial charge in [-0.25, -0.2) is 0 Å². The first kappa shape index (κ1) is 13.8. The van der Waals surface area contributed by atoms with Gasteiger partial charge in [0, 0.05) is 19.2 Å². The Kier molecular flexibility index (Phi) is 7.02. The molecule has 7 heteroatoms. The monoisotopic (exact) mass is 227 g/mol. The Hall–Kier alpha value is -0.210. The fourth-order valence-corrected chi connectivity index (χ4v) is 1.36. The zero-order valence-corrected chi connectivity index (χ0v) is 8.70. The topological polar surface area (TPSA) is 107 Å². The lowest BCUT2D eigenvalue weighted by Gasteiger charge is -2.14. The van der Waals surface area contributed by atoms with Gasteiger partial charge in [0.05, 0.1) is 12.4 Å². The first-order valence-corrected chi connectivity index (χ1v) is 6.00. The van der Waals surface area contributed by atoms with E-state index in [1.165, 1.54) is 0 Å². The maximum atomic E-state index is 10.3. The summed E-state index contributed by atoms with van der Waals surface area (Å²) in [4.78, 5) is 0. The first-order valence-electron chi connectivity index (χ1n) is 4.40. The van der Waals surface area contributed by atoms with Crippen LogP contribution >= 0.6 is 0 Å². The van der Waals surface area contributed by atoms with Gasteiger partial charge >= 0.3 is 0 Å². The van der Waals surface area contributed by atoms with E-state index in [-0.39, 0.29) is 31.6 Å². The van der Waals surface area contributed by atoms with Crippen LogP contribution in [-0.2, 0) is 10.1 Å². The van der Waals surface area contributed by atoms with Crippen molar-refractivity contribution < 1.29 is 23.2 Å². The van der Waals surface area contributed by atoms with Crippen molar-refractivity contribution in [2.45, 2.75) is 18.9 Å². The molecule has 0 radical (unpaired) electrons. The van der Waals surface area contributed by atoms with Crippen LogP contribution in [-0.4, -0.2) is 54.7 Å². The molecule has 0 aromatic carbocycles. The van der Waals surface area contributed by atoms with Crippen LogP contribution in [0.25, 0.3) is 0 Å². The van der Waals surface area contributed by atoms with Gasteiger partial charge in [-0.05, 0) is 12.8 Å². The Morgan fingerprint density at radius 3 is 2.36 bits per heavy atom. The van der Waals surface area contributed by atoms with Crippen molar-refractivity contribution in [3.05, 3.63) is 0 Å². The molecule has 0 aromatic rings. The fourth-order valence-electron chi connectivity index (χ4n) is 0.988. The summed E-state index contributed by atoms with van der Waals surface area (Å²) in [5.74, 6) is -0.372. The van der Waals surface area contributed by atoms with E-state index in [0.717, 1.165) is 0 Å². The molecule has 0 aromatic heterocycles. The zero-order valence-electron chi connectivity index (χ0n) is 7.89. The van der Waals surface area contributed by atoms with Crippen LogP contribution in [0.5, 0.6) is 0 Å². The third-order valence-electron chi connectivity index (χ3n) is 1.72. The van der Waals surface area contributed by atoms with E-state index in [1.54, 1.807) is 0 Å². The number of nitrogens with one attached hydrogen (secondary N) is 1. The van der Waals surface area contributed by atoms with Crippen molar-refractivity contribution in [3.8, 4) is 0 Å². The minimum Gasteiger partial charge on any atom is -0.396 e. The highest BCUT2D eigenvalue weighted by Crippen LogP contribution is 1.95. The van der Waals surface area contributed by atoms with Gasteiger partial charge < -0.3 is 15.5 Å². The van der Waals surface area contributed by atoms with Crippen LogP contribution < -0.4 is 5.32 Å². The molecule has 0 amide bonds. The summed E-state index contributed by atoms with van der Waals surface area (Å²) in [6.45, 7) is 0.0114. The Morgan fingerprint density at radius 1 is 1.29 bits per heavy atom. The van der Waals surface area contributed by atoms with Gasteiger partial charge in [0.15, 0.2) is 0 Å². The molecule has 0 aliphatic carbocycles. The van der Waals surface area contributed by atoms with Crippen LogP contribution in [0.4, 0.5) is 0 Å². The Labute approximate surface area is 83.7 Å². The highest BCUT2D eigenvalue weighted by Gasteiger charge is 2.08. The average Bonchev–Trinajstić information content (AvgIpc) is 2.09. The molecule has 0 bridgehead atoms. The molecule has 4 N–H and O–H groups in total. The molecule has 0 heterocycles. The molecule has 0 rings (SSSR count). The molecular weight excluding hydrogens is 210 g/mol. The van der Waals surface area contributed by atoms with E-state index in [1.807, 2.05) is 0 Å². The van der Waals surface area contributed by atoms with Crippen LogP contribution in [0.15, 0.2) is 0 Å². The molecule has 1 unspecified atom stereocenters. The second kappa shape index (κ2) is 7.13. The highest BCUT2D eigenvalue weighted by atomic mass is 32.2. The van der Waals surface area contributed by atoms with Crippen molar-refractivity contribution >= 4 is 10.1 Å². The van der Waals surface area contributed by atoms with E-state index in [0.29, 0.717) is 12.8 Å². The van der Waals surface area contributed by atoms with Crippen LogP contribution in [0.1, 0.15) is 12.8 Å². The van der Waals surface area contributed by atoms with E-state index in [2.05, 4.69) is 5.32 Å². The minimum atomic E-state index is -3.94. The average molecular weight is 227 g/mol. The molecule has 0 saturated carbocycles. The zero-order chi connectivity index (χ0) is 11.0. The maximum Gasteiger partial charge on any atom is 0.266 e. The second-order valence-electron chi connectivity index (χ2n) is 2.99. The molecule has 0 spiro atoms. The Bertz CT molecular complexity index is 228. The third kappa shape index (κ3) is 8.39. The van der Waals surface area contributed by atoms with E-state index < -0.39 is 10.1 Å². The van der Waals surface area contributed by atoms with E-state index in [4.69, 9.17) is 14.8 Å². The highest BCUT2D eigenvalue weighted by molar-refractivity contribution is 7.85. The van der Waals surface area contributed by atoms with E-state index >= 15 is 0 Å². The first-order chi connectivity index (χ1) is 6.49. The fraction of sp³-hybridized carbons (Fsp3) is 1.00. The molecule has 0 saturated heterocycles. The SMILES string of the molecule is O=S(=O)(O)CCNC(CO)CCCO. The standard InChI is InChI=1S/C7H17NO5S/c9-4-1-2-7(6-10)8-3-5-14(11,12)13/h7-10H,1-6H2,(H,11,12,13). The molecule has 6 nitrogen and oxygen atoms in total. The predicted molar refractivity (Wildman–Crippen MR) is 51.6 cm³/mol. The van der Waals surface area contributed by atoms with Crippen molar-refractivity contribution in [2.75, 3.05) is 25.5 Å². The lowest BCUT2D eigenvalue weighted by atomic mass is 10.2. The lowest BCUT2D eigenvalue weighted by Crippen LogP contribution is -2.35. The van der Waals surface area contributed by atoms with Gasteiger partial charge in [-0.3, -0.25) is 4.55 Å². The number of aliphatic hydroxyl groups is 2. The normalized spacial score (nSPS) is 14.2. The van der Waals surface area contributed by atoms with Gasteiger partial charge in [-0.2, -0.15) is 8.42 Å². The number of hydrogen-bond acceptors (Lipinski definition) is 5. The van der Waals surface area contributed by atoms with Gasteiger partial charge in [0.1, 0.15) is 0 Å². The van der Waals surface area contributed by atoms with Crippen LogP contribution in [0.3, 0.4) is 0 Å². The van der Waals surface area contributed by atoms with Gasteiger partial charge in [0.25, 0.3) is 10.1 Å². The van der Waals surface area contributed by atoms with Gasteiger partial charge in [-0.1, -0.05) is 0 Å². The summed E-state index contributed by atoms with van der Waals surface area (Å²) in [5, 5.41) is 20.1. The van der Waals surface area contributed by atoms with Gasteiger partial charge in [0.2, 0.25) is 0 Å². The number of aliphatic hydroxyl groups excluding tert-OH is 2. The van der Waals surface area contributed by atoms with Crippen molar-refractivity contribution in [1.82, 2.24) is 5.32 Å². The molecule has 0 fully saturated rings. The van der Waals surface area contributed by atoms with Crippen molar-refractivity contribution in [2.24, 2.45) is 0 Å². The summed E-state index contributed by atoms with van der Waals surface area (Å²) in [6, 6.07) is -0.233. The predicted octanol–water partition coefficient (Wildman–Crippen LogP) is -1.40. The van der Waals surface area contributed by atoms with Gasteiger partial charge in [-0.15, -0.1) is 0 Å². The summed E-state index contributed by atoms with van der Waals surface area (Å²) in [5.41, 5.74) is 0. The van der Waals surface area contributed by atoms with Crippen molar-refractivity contribution in [3.63, 3.8) is 0 Å². The van der Waals surface area contributed by atoms with Crippen LogP contribution in [0.2, 0.25) is 0 Å². The molecule has 86 valence electrons. The minimum absolute atomic E-state index is 0.0382. The van der Waals surface area contributed by atoms with Crippen LogP contribution in [0, 0.1) is 0 Å². The Morgan fingerprint density at radius 2 is 1.93 bits per heavy atom. The molecular formula is C7H17NO5S. The summed E-state index contributed by atoms with van der Waals surface area (Å²) in [7, 11) is -3.94. The quantitative estimate of drug-likeness (QED) is 0.380. The smallest absolute Gasteiger partial charge is 0.266 e. The summed E-state index contributed by atoms with van der Waals surface area (Å²) < 4.78 is 29.1. The third-order valence-corrected chi connectivity index (χ3v) is 2.44. The Balaban J connectivity index is 3.62. The molecule has 1 atom stereocenters. The van der Waals surface area contributed by atoms with Crippen molar-refractivity contribution in [1.29, 1.82) is 0 Å². The lowest BCUT2D eigenvalue weighted by molar-refractivity contribution is 0.219. The second-order valence-corrected chi connectivity index (χ2v) is 4.56.